The standard InChI is InChI=1S/C18H22FN3O4S/c1-4-21(5-2)27(25,26)15-11-9-14(10-12-15)13(3)20-17-8-6-7-16(19)18(17)22(23)24/h6-13,20H,4-5H2,1-3H3. The van der Waals surface area contributed by atoms with E-state index in [2.05, 4.69) is 5.32 Å². The van der Waals surface area contributed by atoms with E-state index in [1.165, 1.54) is 28.6 Å². The highest BCUT2D eigenvalue weighted by Crippen LogP contribution is 2.30. The van der Waals surface area contributed by atoms with Gasteiger partial charge >= 0.3 is 5.69 Å². The molecule has 9 heteroatoms. The Hall–Kier alpha value is -2.52. The van der Waals surface area contributed by atoms with Crippen molar-refractivity contribution >= 4 is 21.4 Å². The van der Waals surface area contributed by atoms with Gasteiger partial charge < -0.3 is 5.32 Å². The molecular formula is C18H22FN3O4S. The number of nitrogens with one attached hydrogen (secondary N) is 1. The Labute approximate surface area is 158 Å². The van der Waals surface area contributed by atoms with Gasteiger partial charge in [0, 0.05) is 19.1 Å². The summed E-state index contributed by atoms with van der Waals surface area (Å²) < 4.78 is 40.1. The van der Waals surface area contributed by atoms with Gasteiger partial charge in [-0.15, -0.1) is 0 Å². The molecular weight excluding hydrogens is 373 g/mol. The number of nitrogens with zero attached hydrogens (tertiary/aromatic N) is 2. The van der Waals surface area contributed by atoms with Crippen LogP contribution < -0.4 is 5.32 Å². The Balaban J connectivity index is 2.26. The van der Waals surface area contributed by atoms with E-state index in [1.807, 2.05) is 0 Å². The highest BCUT2D eigenvalue weighted by molar-refractivity contribution is 7.89. The molecule has 0 amide bonds. The average molecular weight is 395 g/mol. The molecule has 2 aromatic carbocycles. The minimum Gasteiger partial charge on any atom is -0.373 e. The molecule has 0 saturated carbocycles. The van der Waals surface area contributed by atoms with Crippen LogP contribution in [0.3, 0.4) is 0 Å². The maximum atomic E-state index is 13.7. The zero-order valence-corrected chi connectivity index (χ0v) is 16.2. The second-order valence-electron chi connectivity index (χ2n) is 5.92. The van der Waals surface area contributed by atoms with E-state index in [1.54, 1.807) is 32.9 Å². The largest absolute Gasteiger partial charge is 0.373 e. The predicted octanol–water partition coefficient (Wildman–Crippen LogP) is 3.94. The van der Waals surface area contributed by atoms with Crippen molar-refractivity contribution in [1.29, 1.82) is 0 Å². The fraction of sp³-hybridized carbons (Fsp3) is 0.333. The van der Waals surface area contributed by atoms with Gasteiger partial charge in [0.05, 0.1) is 9.82 Å². The maximum Gasteiger partial charge on any atom is 0.327 e. The molecule has 27 heavy (non-hydrogen) atoms. The number of nitro groups is 1. The molecule has 2 rings (SSSR count). The Bertz CT molecular complexity index is 913. The molecule has 2 aromatic rings. The van der Waals surface area contributed by atoms with Gasteiger partial charge in [0.15, 0.2) is 0 Å². The Morgan fingerprint density at radius 2 is 1.74 bits per heavy atom. The molecule has 146 valence electrons. The number of rotatable bonds is 8. The van der Waals surface area contributed by atoms with E-state index in [9.17, 15) is 22.9 Å². The van der Waals surface area contributed by atoms with Crippen LogP contribution in [0.1, 0.15) is 32.4 Å². The maximum absolute atomic E-state index is 13.7. The van der Waals surface area contributed by atoms with E-state index in [0.717, 1.165) is 6.07 Å². The minimum absolute atomic E-state index is 0.0624. The zero-order valence-electron chi connectivity index (χ0n) is 15.3. The third-order valence-corrected chi connectivity index (χ3v) is 6.33. The first-order valence-electron chi connectivity index (χ1n) is 8.51. The van der Waals surface area contributed by atoms with Gasteiger partial charge in [0.2, 0.25) is 15.8 Å². The molecule has 1 atom stereocenters. The quantitative estimate of drug-likeness (QED) is 0.540. The summed E-state index contributed by atoms with van der Waals surface area (Å²) in [6, 6.07) is 9.73. The number of para-hydroxylation sites is 1. The molecule has 0 aliphatic heterocycles. The number of halogens is 1. The van der Waals surface area contributed by atoms with Crippen LogP contribution in [0.25, 0.3) is 0 Å². The van der Waals surface area contributed by atoms with Crippen molar-refractivity contribution in [2.75, 3.05) is 18.4 Å². The lowest BCUT2D eigenvalue weighted by molar-refractivity contribution is -0.386. The van der Waals surface area contributed by atoms with Crippen LogP contribution >= 0.6 is 0 Å². The second-order valence-corrected chi connectivity index (χ2v) is 7.86. The lowest BCUT2D eigenvalue weighted by atomic mass is 10.1. The summed E-state index contributed by atoms with van der Waals surface area (Å²) in [7, 11) is -3.55. The van der Waals surface area contributed by atoms with Gasteiger partial charge in [-0.05, 0) is 36.8 Å². The van der Waals surface area contributed by atoms with Crippen LogP contribution in [0, 0.1) is 15.9 Å². The van der Waals surface area contributed by atoms with Gasteiger partial charge in [-0.25, -0.2) is 8.42 Å². The molecule has 0 bridgehead atoms. The van der Waals surface area contributed by atoms with Crippen molar-refractivity contribution in [3.8, 4) is 0 Å². The van der Waals surface area contributed by atoms with E-state index in [4.69, 9.17) is 0 Å². The first kappa shape index (κ1) is 20.8. The number of hydrogen-bond acceptors (Lipinski definition) is 5. The van der Waals surface area contributed by atoms with Crippen molar-refractivity contribution in [2.45, 2.75) is 31.7 Å². The smallest absolute Gasteiger partial charge is 0.327 e. The van der Waals surface area contributed by atoms with Crippen molar-refractivity contribution in [3.63, 3.8) is 0 Å². The minimum atomic E-state index is -3.55. The first-order chi connectivity index (χ1) is 12.7. The normalized spacial score (nSPS) is 12.8. The predicted molar refractivity (Wildman–Crippen MR) is 102 cm³/mol. The highest BCUT2D eigenvalue weighted by Gasteiger charge is 2.23. The summed E-state index contributed by atoms with van der Waals surface area (Å²) in [5, 5.41) is 14.0. The van der Waals surface area contributed by atoms with Crippen molar-refractivity contribution in [2.24, 2.45) is 0 Å². The fourth-order valence-electron chi connectivity index (χ4n) is 2.78. The molecule has 0 aliphatic carbocycles. The average Bonchev–Trinajstić information content (AvgIpc) is 2.62. The van der Waals surface area contributed by atoms with Gasteiger partial charge in [-0.1, -0.05) is 32.0 Å². The zero-order chi connectivity index (χ0) is 20.2. The van der Waals surface area contributed by atoms with Crippen LogP contribution in [-0.4, -0.2) is 30.7 Å². The lowest BCUT2D eigenvalue weighted by Crippen LogP contribution is -2.30. The summed E-state index contributed by atoms with van der Waals surface area (Å²) in [6.07, 6.45) is 0. The van der Waals surface area contributed by atoms with Gasteiger partial charge in [-0.3, -0.25) is 10.1 Å². The third kappa shape index (κ3) is 4.42. The van der Waals surface area contributed by atoms with Crippen LogP contribution in [0.15, 0.2) is 47.4 Å². The van der Waals surface area contributed by atoms with Crippen LogP contribution in [0.2, 0.25) is 0 Å². The number of nitro benzene ring substituents is 1. The SMILES string of the molecule is CCN(CC)S(=O)(=O)c1ccc(C(C)Nc2cccc(F)c2[N+](=O)[O-])cc1. The number of anilines is 1. The van der Waals surface area contributed by atoms with Gasteiger partial charge in [0.25, 0.3) is 0 Å². The summed E-state index contributed by atoms with van der Waals surface area (Å²) in [5.74, 6) is -0.919. The van der Waals surface area contributed by atoms with Crippen LogP contribution in [0.4, 0.5) is 15.8 Å². The molecule has 0 saturated heterocycles. The van der Waals surface area contributed by atoms with E-state index < -0.39 is 32.5 Å². The second kappa shape index (κ2) is 8.45. The Morgan fingerprint density at radius 3 is 2.26 bits per heavy atom. The van der Waals surface area contributed by atoms with Crippen LogP contribution in [-0.2, 0) is 10.0 Å². The van der Waals surface area contributed by atoms with Crippen molar-refractivity contribution in [3.05, 3.63) is 64.0 Å². The summed E-state index contributed by atoms with van der Waals surface area (Å²) in [6.45, 7) is 6.05. The van der Waals surface area contributed by atoms with E-state index >= 15 is 0 Å². The van der Waals surface area contributed by atoms with E-state index in [-0.39, 0.29) is 10.6 Å². The number of sulfonamides is 1. The molecule has 0 fully saturated rings. The first-order valence-corrected chi connectivity index (χ1v) is 9.95. The molecule has 0 spiro atoms. The fourth-order valence-corrected chi connectivity index (χ4v) is 4.23. The summed E-state index contributed by atoms with van der Waals surface area (Å²) in [4.78, 5) is 10.5. The molecule has 0 aliphatic rings. The Morgan fingerprint density at radius 1 is 1.15 bits per heavy atom. The molecule has 0 aromatic heterocycles. The van der Waals surface area contributed by atoms with Gasteiger partial charge in [-0.2, -0.15) is 8.70 Å². The monoisotopic (exact) mass is 395 g/mol. The third-order valence-electron chi connectivity index (χ3n) is 4.26. The molecule has 7 nitrogen and oxygen atoms in total. The lowest BCUT2D eigenvalue weighted by Gasteiger charge is -2.19. The Kier molecular flexibility index (Phi) is 6.50. The highest BCUT2D eigenvalue weighted by atomic mass is 32.2. The topological polar surface area (TPSA) is 92.6 Å². The molecule has 1 unspecified atom stereocenters. The van der Waals surface area contributed by atoms with Crippen LogP contribution in [0.5, 0.6) is 0 Å². The summed E-state index contributed by atoms with van der Waals surface area (Å²) >= 11 is 0. The molecule has 1 N–H and O–H groups in total. The van der Waals surface area contributed by atoms with E-state index in [0.29, 0.717) is 18.7 Å². The molecule has 0 heterocycles. The number of benzene rings is 2. The molecule has 0 radical (unpaired) electrons. The van der Waals surface area contributed by atoms with Crippen molar-refractivity contribution in [1.82, 2.24) is 4.31 Å². The summed E-state index contributed by atoms with van der Waals surface area (Å²) in [5.41, 5.74) is 0.157. The number of hydrogen-bond donors (Lipinski definition) is 1. The van der Waals surface area contributed by atoms with Crippen molar-refractivity contribution < 1.29 is 17.7 Å². The van der Waals surface area contributed by atoms with Gasteiger partial charge in [0.1, 0.15) is 5.69 Å².